The Balaban J connectivity index is 1.67. The number of hydrogen-bond donors (Lipinski definition) is 1. The summed E-state index contributed by atoms with van der Waals surface area (Å²) in [5, 5.41) is 11.6. The molecule has 3 rings (SSSR count). The van der Waals surface area contributed by atoms with E-state index in [0.717, 1.165) is 24.5 Å². The largest absolute Gasteiger partial charge is 0.474 e. The zero-order valence-corrected chi connectivity index (χ0v) is 14.7. The first-order valence-electron chi connectivity index (χ1n) is 7.95. The van der Waals surface area contributed by atoms with E-state index < -0.39 is 0 Å². The molecule has 8 heteroatoms. The number of carbonyl (C=O) groups is 1. The second-order valence-corrected chi connectivity index (χ2v) is 6.57. The fourth-order valence-electron chi connectivity index (χ4n) is 2.71. The lowest BCUT2D eigenvalue weighted by molar-refractivity contribution is 0.0927. The molecule has 1 aliphatic rings. The third-order valence-electron chi connectivity index (χ3n) is 3.88. The number of amides is 1. The molecule has 1 aliphatic heterocycles. The lowest BCUT2D eigenvalue weighted by atomic mass is 10.1. The Hall–Kier alpha value is -2.15. The van der Waals surface area contributed by atoms with Crippen molar-refractivity contribution in [3.8, 4) is 5.88 Å². The number of pyridine rings is 1. The van der Waals surface area contributed by atoms with Gasteiger partial charge in [0.05, 0.1) is 11.7 Å². The minimum absolute atomic E-state index is 0.0295. The number of ether oxygens (including phenoxy) is 1. The van der Waals surface area contributed by atoms with Gasteiger partial charge in [-0.15, -0.1) is 10.2 Å². The fourth-order valence-corrected chi connectivity index (χ4v) is 2.92. The van der Waals surface area contributed by atoms with E-state index in [0.29, 0.717) is 23.0 Å². The van der Waals surface area contributed by atoms with Crippen LogP contribution in [0.1, 0.15) is 42.3 Å². The van der Waals surface area contributed by atoms with Crippen LogP contribution in [0.4, 0.5) is 0 Å². The third-order valence-corrected chi connectivity index (χ3v) is 4.15. The molecule has 0 spiro atoms. The zero-order chi connectivity index (χ0) is 17.3. The Morgan fingerprint density at radius 1 is 1.46 bits per heavy atom. The summed E-state index contributed by atoms with van der Waals surface area (Å²) >= 11 is 6.15. The molecule has 24 heavy (non-hydrogen) atoms. The Kier molecular flexibility index (Phi) is 4.71. The minimum atomic E-state index is -0.195. The van der Waals surface area contributed by atoms with Gasteiger partial charge in [0.1, 0.15) is 16.7 Å². The van der Waals surface area contributed by atoms with E-state index in [9.17, 15) is 4.79 Å². The van der Waals surface area contributed by atoms with Crippen LogP contribution in [0, 0.1) is 6.92 Å². The SMILES string of the molecule is Cc1nnc2n1CC(NC(=O)c1cnc(OC(C)C)c(Cl)c1)CC2. The van der Waals surface area contributed by atoms with Crippen molar-refractivity contribution < 1.29 is 9.53 Å². The number of rotatable bonds is 4. The van der Waals surface area contributed by atoms with Crippen molar-refractivity contribution >= 4 is 17.5 Å². The van der Waals surface area contributed by atoms with E-state index in [2.05, 4.69) is 20.5 Å². The average Bonchev–Trinajstić information content (AvgIpc) is 2.90. The van der Waals surface area contributed by atoms with Crippen LogP contribution in [0.15, 0.2) is 12.3 Å². The van der Waals surface area contributed by atoms with E-state index in [1.807, 2.05) is 25.3 Å². The predicted octanol–water partition coefficient (Wildman–Crippen LogP) is 2.17. The Morgan fingerprint density at radius 2 is 2.25 bits per heavy atom. The molecule has 0 aliphatic carbocycles. The van der Waals surface area contributed by atoms with Crippen molar-refractivity contribution in [3.63, 3.8) is 0 Å². The highest BCUT2D eigenvalue weighted by atomic mass is 35.5. The number of nitrogens with zero attached hydrogens (tertiary/aromatic N) is 4. The van der Waals surface area contributed by atoms with Gasteiger partial charge in [0.15, 0.2) is 0 Å². The summed E-state index contributed by atoms with van der Waals surface area (Å²) in [6.45, 7) is 6.37. The molecule has 7 nitrogen and oxygen atoms in total. The van der Waals surface area contributed by atoms with Crippen LogP contribution in [0.5, 0.6) is 5.88 Å². The van der Waals surface area contributed by atoms with E-state index in [-0.39, 0.29) is 18.1 Å². The van der Waals surface area contributed by atoms with Crippen molar-refractivity contribution in [3.05, 3.63) is 34.5 Å². The van der Waals surface area contributed by atoms with Crippen LogP contribution in [0.2, 0.25) is 5.02 Å². The fraction of sp³-hybridized carbons (Fsp3) is 0.500. The van der Waals surface area contributed by atoms with Gasteiger partial charge in [0.25, 0.3) is 5.91 Å². The van der Waals surface area contributed by atoms with Crippen molar-refractivity contribution in [2.24, 2.45) is 0 Å². The van der Waals surface area contributed by atoms with Crippen molar-refractivity contribution in [1.82, 2.24) is 25.1 Å². The standard InChI is InChI=1S/C16H20ClN5O2/c1-9(2)24-16-13(17)6-11(7-18-16)15(23)19-12-4-5-14-21-20-10(3)22(14)8-12/h6-7,9,12H,4-5,8H2,1-3H3,(H,19,23). The highest BCUT2D eigenvalue weighted by Crippen LogP contribution is 2.23. The highest BCUT2D eigenvalue weighted by molar-refractivity contribution is 6.32. The minimum Gasteiger partial charge on any atom is -0.474 e. The summed E-state index contributed by atoms with van der Waals surface area (Å²) in [6.07, 6.45) is 3.08. The molecular formula is C16H20ClN5O2. The van der Waals surface area contributed by atoms with Gasteiger partial charge in [-0.2, -0.15) is 0 Å². The van der Waals surface area contributed by atoms with Gasteiger partial charge in [-0.1, -0.05) is 11.6 Å². The first kappa shape index (κ1) is 16.7. The summed E-state index contributed by atoms with van der Waals surface area (Å²) in [5.41, 5.74) is 0.419. The Morgan fingerprint density at radius 3 is 2.96 bits per heavy atom. The molecule has 0 aromatic carbocycles. The monoisotopic (exact) mass is 349 g/mol. The first-order valence-corrected chi connectivity index (χ1v) is 8.33. The molecule has 0 saturated carbocycles. The van der Waals surface area contributed by atoms with Crippen LogP contribution < -0.4 is 10.1 Å². The maximum absolute atomic E-state index is 12.4. The number of carbonyl (C=O) groups excluding carboxylic acids is 1. The van der Waals surface area contributed by atoms with Gasteiger partial charge < -0.3 is 14.6 Å². The van der Waals surface area contributed by atoms with Gasteiger partial charge in [-0.25, -0.2) is 4.98 Å². The van der Waals surface area contributed by atoms with Crippen LogP contribution in [-0.4, -0.2) is 37.8 Å². The molecule has 0 bridgehead atoms. The number of hydrogen-bond acceptors (Lipinski definition) is 5. The van der Waals surface area contributed by atoms with Gasteiger partial charge in [-0.05, 0) is 33.3 Å². The summed E-state index contributed by atoms with van der Waals surface area (Å²) in [6, 6.07) is 1.62. The number of fused-ring (bicyclic) bond motifs is 1. The topological polar surface area (TPSA) is 81.9 Å². The quantitative estimate of drug-likeness (QED) is 0.914. The molecule has 0 saturated heterocycles. The van der Waals surface area contributed by atoms with Crippen LogP contribution in [0.3, 0.4) is 0 Å². The highest BCUT2D eigenvalue weighted by Gasteiger charge is 2.23. The van der Waals surface area contributed by atoms with E-state index in [1.165, 1.54) is 6.20 Å². The smallest absolute Gasteiger partial charge is 0.253 e. The molecular weight excluding hydrogens is 330 g/mol. The number of halogens is 1. The van der Waals surface area contributed by atoms with E-state index in [4.69, 9.17) is 16.3 Å². The molecule has 1 amide bonds. The second kappa shape index (κ2) is 6.76. The molecule has 1 N–H and O–H groups in total. The Bertz CT molecular complexity index is 759. The maximum atomic E-state index is 12.4. The van der Waals surface area contributed by atoms with Crippen molar-refractivity contribution in [2.75, 3.05) is 0 Å². The van der Waals surface area contributed by atoms with Crippen LogP contribution in [-0.2, 0) is 13.0 Å². The Labute approximate surface area is 145 Å². The van der Waals surface area contributed by atoms with E-state index >= 15 is 0 Å². The average molecular weight is 350 g/mol. The third kappa shape index (κ3) is 3.51. The molecule has 0 fully saturated rings. The van der Waals surface area contributed by atoms with Crippen LogP contribution in [0.25, 0.3) is 0 Å². The number of nitrogens with one attached hydrogen (secondary N) is 1. The molecule has 128 valence electrons. The molecule has 1 atom stereocenters. The first-order chi connectivity index (χ1) is 11.4. The summed E-state index contributed by atoms with van der Waals surface area (Å²) in [5.74, 6) is 1.98. The van der Waals surface area contributed by atoms with Gasteiger partial charge >= 0.3 is 0 Å². The summed E-state index contributed by atoms with van der Waals surface area (Å²) in [4.78, 5) is 16.6. The number of aromatic nitrogens is 4. The molecule has 1 unspecified atom stereocenters. The summed E-state index contributed by atoms with van der Waals surface area (Å²) in [7, 11) is 0. The van der Waals surface area contributed by atoms with Gasteiger partial charge in [0, 0.05) is 25.2 Å². The van der Waals surface area contributed by atoms with E-state index in [1.54, 1.807) is 6.07 Å². The van der Waals surface area contributed by atoms with Gasteiger partial charge in [-0.3, -0.25) is 4.79 Å². The zero-order valence-electron chi connectivity index (χ0n) is 13.9. The maximum Gasteiger partial charge on any atom is 0.253 e. The number of aryl methyl sites for hydroxylation is 2. The molecule has 2 aromatic heterocycles. The molecule has 3 heterocycles. The normalized spacial score (nSPS) is 16.8. The van der Waals surface area contributed by atoms with Gasteiger partial charge in [0.2, 0.25) is 5.88 Å². The summed E-state index contributed by atoms with van der Waals surface area (Å²) < 4.78 is 7.52. The van der Waals surface area contributed by atoms with Crippen molar-refractivity contribution in [1.29, 1.82) is 0 Å². The lowest BCUT2D eigenvalue weighted by Gasteiger charge is -2.25. The lowest BCUT2D eigenvalue weighted by Crippen LogP contribution is -2.41. The second-order valence-electron chi connectivity index (χ2n) is 6.16. The predicted molar refractivity (Wildman–Crippen MR) is 89.3 cm³/mol. The molecule has 2 aromatic rings. The molecule has 0 radical (unpaired) electrons. The van der Waals surface area contributed by atoms with Crippen LogP contribution >= 0.6 is 11.6 Å². The van der Waals surface area contributed by atoms with Crippen molar-refractivity contribution in [2.45, 2.75) is 52.3 Å².